The standard InChI is InChI=1S/C24H31NO3/c1-15(2)18-9-7-17(4)12-22(18)27-14-23(26)25-20-13-24(5,6)28-21-10-8-16(3)11-19(20)21/h7-12,15,20H,13-14H2,1-6H3,(H,25,26)/t20-/m1/s1. The molecule has 0 radical (unpaired) electrons. The Labute approximate surface area is 168 Å². The molecular weight excluding hydrogens is 350 g/mol. The van der Waals surface area contributed by atoms with Crippen LogP contribution < -0.4 is 14.8 Å². The summed E-state index contributed by atoms with van der Waals surface area (Å²) in [5, 5.41) is 3.15. The first-order chi connectivity index (χ1) is 13.1. The second-order valence-electron chi connectivity index (χ2n) is 8.71. The fraction of sp³-hybridized carbons (Fsp3) is 0.458. The fourth-order valence-electron chi connectivity index (χ4n) is 3.73. The molecule has 1 aliphatic rings. The number of carbonyl (C=O) groups excluding carboxylic acids is 1. The molecule has 0 saturated heterocycles. The predicted molar refractivity (Wildman–Crippen MR) is 112 cm³/mol. The van der Waals surface area contributed by atoms with E-state index in [1.165, 1.54) is 0 Å². The van der Waals surface area contributed by atoms with Crippen LogP contribution in [0, 0.1) is 13.8 Å². The molecule has 0 spiro atoms. The fourth-order valence-corrected chi connectivity index (χ4v) is 3.73. The van der Waals surface area contributed by atoms with Crippen molar-refractivity contribution in [1.82, 2.24) is 5.32 Å². The van der Waals surface area contributed by atoms with Gasteiger partial charge >= 0.3 is 0 Å². The summed E-state index contributed by atoms with van der Waals surface area (Å²) in [4.78, 5) is 12.7. The summed E-state index contributed by atoms with van der Waals surface area (Å²) >= 11 is 0. The SMILES string of the molecule is Cc1ccc(C(C)C)c(OCC(=O)N[C@@H]2CC(C)(C)Oc3ccc(C)cc32)c1. The van der Waals surface area contributed by atoms with E-state index in [4.69, 9.17) is 9.47 Å². The first-order valence-corrected chi connectivity index (χ1v) is 9.97. The maximum Gasteiger partial charge on any atom is 0.258 e. The summed E-state index contributed by atoms with van der Waals surface area (Å²) in [5.74, 6) is 1.85. The van der Waals surface area contributed by atoms with E-state index < -0.39 is 0 Å². The molecule has 2 aromatic rings. The molecule has 28 heavy (non-hydrogen) atoms. The minimum atomic E-state index is -0.331. The van der Waals surface area contributed by atoms with E-state index in [2.05, 4.69) is 37.4 Å². The zero-order valence-electron chi connectivity index (χ0n) is 17.8. The molecule has 1 aliphatic heterocycles. The third-order valence-corrected chi connectivity index (χ3v) is 5.11. The van der Waals surface area contributed by atoms with Gasteiger partial charge in [-0.25, -0.2) is 0 Å². The number of nitrogens with one attached hydrogen (secondary N) is 1. The van der Waals surface area contributed by atoms with Crippen LogP contribution in [0.4, 0.5) is 0 Å². The molecule has 1 amide bonds. The predicted octanol–water partition coefficient (Wildman–Crippen LogP) is 5.22. The highest BCUT2D eigenvalue weighted by Crippen LogP contribution is 2.39. The lowest BCUT2D eigenvalue weighted by molar-refractivity contribution is -0.124. The molecule has 4 nitrogen and oxygen atoms in total. The van der Waals surface area contributed by atoms with Crippen molar-refractivity contribution in [2.45, 2.75) is 65.5 Å². The molecule has 1 atom stereocenters. The topological polar surface area (TPSA) is 47.6 Å². The quantitative estimate of drug-likeness (QED) is 0.772. The molecule has 0 bridgehead atoms. The Morgan fingerprint density at radius 3 is 2.57 bits per heavy atom. The van der Waals surface area contributed by atoms with Crippen LogP contribution in [0.1, 0.15) is 68.3 Å². The number of carbonyl (C=O) groups is 1. The average molecular weight is 382 g/mol. The van der Waals surface area contributed by atoms with Crippen LogP contribution in [0.5, 0.6) is 11.5 Å². The Bertz CT molecular complexity index is 870. The zero-order chi connectivity index (χ0) is 20.5. The second-order valence-corrected chi connectivity index (χ2v) is 8.71. The molecule has 0 aromatic heterocycles. The van der Waals surface area contributed by atoms with Crippen LogP contribution in [-0.4, -0.2) is 18.1 Å². The molecular formula is C24H31NO3. The zero-order valence-corrected chi connectivity index (χ0v) is 17.8. The Morgan fingerprint density at radius 1 is 1.18 bits per heavy atom. The monoisotopic (exact) mass is 381 g/mol. The lowest BCUT2D eigenvalue weighted by Crippen LogP contribution is -2.42. The smallest absolute Gasteiger partial charge is 0.258 e. The van der Waals surface area contributed by atoms with Gasteiger partial charge in [-0.05, 0) is 56.9 Å². The molecule has 1 N–H and O–H groups in total. The maximum absolute atomic E-state index is 12.7. The molecule has 3 rings (SSSR count). The minimum Gasteiger partial charge on any atom is -0.487 e. The van der Waals surface area contributed by atoms with E-state index in [1.807, 2.05) is 45.9 Å². The van der Waals surface area contributed by atoms with Gasteiger partial charge in [0.1, 0.15) is 17.1 Å². The highest BCUT2D eigenvalue weighted by atomic mass is 16.5. The molecule has 150 valence electrons. The van der Waals surface area contributed by atoms with Crippen molar-refractivity contribution in [3.8, 4) is 11.5 Å². The lowest BCUT2D eigenvalue weighted by atomic mass is 9.89. The number of hydrogen-bond acceptors (Lipinski definition) is 3. The van der Waals surface area contributed by atoms with Crippen LogP contribution in [-0.2, 0) is 4.79 Å². The van der Waals surface area contributed by atoms with Gasteiger partial charge in [-0.2, -0.15) is 0 Å². The van der Waals surface area contributed by atoms with Crippen LogP contribution in [0.3, 0.4) is 0 Å². The van der Waals surface area contributed by atoms with E-state index in [0.717, 1.165) is 40.2 Å². The van der Waals surface area contributed by atoms with Crippen molar-refractivity contribution in [2.24, 2.45) is 0 Å². The minimum absolute atomic E-state index is 0.00209. The van der Waals surface area contributed by atoms with Crippen molar-refractivity contribution < 1.29 is 14.3 Å². The summed E-state index contributed by atoms with van der Waals surface area (Å²) in [6.45, 7) is 12.4. The van der Waals surface area contributed by atoms with Gasteiger partial charge in [0, 0.05) is 12.0 Å². The number of rotatable bonds is 5. The third kappa shape index (κ3) is 4.67. The van der Waals surface area contributed by atoms with Crippen molar-refractivity contribution >= 4 is 5.91 Å². The third-order valence-electron chi connectivity index (χ3n) is 5.11. The first-order valence-electron chi connectivity index (χ1n) is 9.97. The average Bonchev–Trinajstić information content (AvgIpc) is 2.59. The van der Waals surface area contributed by atoms with E-state index in [9.17, 15) is 4.79 Å². The van der Waals surface area contributed by atoms with Crippen LogP contribution in [0.2, 0.25) is 0 Å². The number of hydrogen-bond donors (Lipinski definition) is 1. The van der Waals surface area contributed by atoms with Crippen LogP contribution in [0.25, 0.3) is 0 Å². The van der Waals surface area contributed by atoms with Crippen LogP contribution in [0.15, 0.2) is 36.4 Å². The number of aryl methyl sites for hydroxylation is 2. The van der Waals surface area contributed by atoms with E-state index >= 15 is 0 Å². The van der Waals surface area contributed by atoms with E-state index in [0.29, 0.717) is 5.92 Å². The van der Waals surface area contributed by atoms with Gasteiger partial charge in [-0.3, -0.25) is 4.79 Å². The summed E-state index contributed by atoms with van der Waals surface area (Å²) in [6, 6.07) is 12.2. The number of ether oxygens (including phenoxy) is 2. The maximum atomic E-state index is 12.7. The van der Waals surface area contributed by atoms with Gasteiger partial charge in [0.15, 0.2) is 6.61 Å². The van der Waals surface area contributed by atoms with Gasteiger partial charge in [0.05, 0.1) is 6.04 Å². The van der Waals surface area contributed by atoms with Crippen LogP contribution >= 0.6 is 0 Å². The van der Waals surface area contributed by atoms with Gasteiger partial charge in [-0.1, -0.05) is 43.7 Å². The summed E-state index contributed by atoms with van der Waals surface area (Å²) in [5.41, 5.74) is 4.09. The molecule has 2 aromatic carbocycles. The Morgan fingerprint density at radius 2 is 1.86 bits per heavy atom. The Kier molecular flexibility index (Phi) is 5.69. The van der Waals surface area contributed by atoms with Crippen molar-refractivity contribution in [2.75, 3.05) is 6.61 Å². The molecule has 0 unspecified atom stereocenters. The molecule has 0 fully saturated rings. The summed E-state index contributed by atoms with van der Waals surface area (Å²) in [6.07, 6.45) is 0.719. The first kappa shape index (κ1) is 20.2. The summed E-state index contributed by atoms with van der Waals surface area (Å²) in [7, 11) is 0. The number of fused-ring (bicyclic) bond motifs is 1. The van der Waals surface area contributed by atoms with Crippen molar-refractivity contribution in [3.63, 3.8) is 0 Å². The van der Waals surface area contributed by atoms with Gasteiger partial charge in [-0.15, -0.1) is 0 Å². The van der Waals surface area contributed by atoms with E-state index in [1.54, 1.807) is 0 Å². The highest BCUT2D eigenvalue weighted by molar-refractivity contribution is 5.78. The van der Waals surface area contributed by atoms with Gasteiger partial charge in [0.25, 0.3) is 5.91 Å². The largest absolute Gasteiger partial charge is 0.487 e. The molecule has 4 heteroatoms. The summed E-state index contributed by atoms with van der Waals surface area (Å²) < 4.78 is 12.0. The molecule has 1 heterocycles. The van der Waals surface area contributed by atoms with Gasteiger partial charge in [0.2, 0.25) is 0 Å². The van der Waals surface area contributed by atoms with Crippen molar-refractivity contribution in [3.05, 3.63) is 58.7 Å². The number of amides is 1. The Balaban J connectivity index is 1.72. The Hall–Kier alpha value is -2.49. The van der Waals surface area contributed by atoms with Gasteiger partial charge < -0.3 is 14.8 Å². The van der Waals surface area contributed by atoms with E-state index in [-0.39, 0.29) is 24.2 Å². The normalized spacial score (nSPS) is 17.6. The number of benzene rings is 2. The second kappa shape index (κ2) is 7.86. The highest BCUT2D eigenvalue weighted by Gasteiger charge is 2.34. The molecule has 0 saturated carbocycles. The lowest BCUT2D eigenvalue weighted by Gasteiger charge is -2.38. The van der Waals surface area contributed by atoms with Crippen molar-refractivity contribution in [1.29, 1.82) is 0 Å². The molecule has 0 aliphatic carbocycles.